The van der Waals surface area contributed by atoms with Gasteiger partial charge in [-0.3, -0.25) is 9.36 Å². The van der Waals surface area contributed by atoms with Crippen LogP contribution in [0.3, 0.4) is 0 Å². The van der Waals surface area contributed by atoms with Crippen molar-refractivity contribution in [2.75, 3.05) is 12.9 Å². The molecule has 7 nitrogen and oxygen atoms in total. The fraction of sp³-hybridized carbons (Fsp3) is 0.381. The lowest BCUT2D eigenvalue weighted by Gasteiger charge is -2.17. The summed E-state index contributed by atoms with van der Waals surface area (Å²) in [6.45, 7) is 6.64. The molecule has 0 aliphatic heterocycles. The summed E-state index contributed by atoms with van der Waals surface area (Å²) >= 11 is 1.36. The summed E-state index contributed by atoms with van der Waals surface area (Å²) in [5.74, 6) is 2.85. The van der Waals surface area contributed by atoms with Crippen molar-refractivity contribution in [1.29, 1.82) is 0 Å². The number of ether oxygens (including phenoxy) is 1. The molecule has 0 saturated heterocycles. The topological polar surface area (TPSA) is 82.2 Å². The van der Waals surface area contributed by atoms with Crippen molar-refractivity contribution >= 4 is 17.7 Å². The first-order chi connectivity index (χ1) is 14.0. The van der Waals surface area contributed by atoms with Crippen LogP contribution >= 0.6 is 11.8 Å². The summed E-state index contributed by atoms with van der Waals surface area (Å²) in [5, 5.41) is 12.4. The fourth-order valence-corrected chi connectivity index (χ4v) is 3.41. The molecule has 0 radical (unpaired) electrons. The second kappa shape index (κ2) is 9.65. The van der Waals surface area contributed by atoms with E-state index in [9.17, 15) is 4.79 Å². The monoisotopic (exact) mass is 414 g/mol. The maximum atomic E-state index is 12.3. The quantitative estimate of drug-likeness (QED) is 0.536. The van der Waals surface area contributed by atoms with E-state index in [0.717, 1.165) is 17.1 Å². The van der Waals surface area contributed by atoms with Crippen LogP contribution in [0, 0.1) is 5.92 Å². The summed E-state index contributed by atoms with van der Waals surface area (Å²) in [5.41, 5.74) is 0.883. The number of methoxy groups -OCH3 is 1. The lowest BCUT2D eigenvalue weighted by atomic mass is 10.1. The molecule has 0 unspecified atom stereocenters. The van der Waals surface area contributed by atoms with Crippen molar-refractivity contribution < 1.29 is 13.9 Å². The van der Waals surface area contributed by atoms with Gasteiger partial charge in [-0.05, 0) is 37.1 Å². The van der Waals surface area contributed by atoms with E-state index in [1.165, 1.54) is 11.8 Å². The Morgan fingerprint density at radius 2 is 2.07 bits per heavy atom. The Labute approximate surface area is 174 Å². The summed E-state index contributed by atoms with van der Waals surface area (Å²) in [7, 11) is 1.63. The minimum Gasteiger partial charge on any atom is -0.497 e. The van der Waals surface area contributed by atoms with Gasteiger partial charge in [0.05, 0.1) is 25.7 Å². The minimum atomic E-state index is -0.0216. The van der Waals surface area contributed by atoms with E-state index in [0.29, 0.717) is 23.4 Å². The first kappa shape index (κ1) is 21.0. The van der Waals surface area contributed by atoms with Crippen LogP contribution in [0.2, 0.25) is 0 Å². The van der Waals surface area contributed by atoms with Crippen molar-refractivity contribution in [3.8, 4) is 17.1 Å². The van der Waals surface area contributed by atoms with Gasteiger partial charge in [-0.2, -0.15) is 0 Å². The fourth-order valence-electron chi connectivity index (χ4n) is 2.66. The molecule has 0 spiro atoms. The maximum absolute atomic E-state index is 12.3. The largest absolute Gasteiger partial charge is 0.497 e. The molecule has 2 heterocycles. The SMILES string of the molecule is COc1cccc(-c2nnc(SCC(=O)N[C@H](C)C(C)C)n2Cc2ccco2)c1. The molecule has 0 saturated carbocycles. The van der Waals surface area contributed by atoms with Gasteiger partial charge >= 0.3 is 0 Å². The molecule has 1 atom stereocenters. The number of furan rings is 1. The van der Waals surface area contributed by atoms with Crippen LogP contribution in [0.5, 0.6) is 5.75 Å². The van der Waals surface area contributed by atoms with Crippen LogP contribution < -0.4 is 10.1 Å². The molecule has 1 aromatic carbocycles. The molecule has 0 aliphatic rings. The number of carbonyl (C=O) groups is 1. The Morgan fingerprint density at radius 1 is 1.24 bits per heavy atom. The zero-order chi connectivity index (χ0) is 20.8. The van der Waals surface area contributed by atoms with Crippen LogP contribution in [0.4, 0.5) is 0 Å². The number of hydrogen-bond donors (Lipinski definition) is 1. The smallest absolute Gasteiger partial charge is 0.230 e. The van der Waals surface area contributed by atoms with Crippen molar-refractivity contribution in [3.05, 3.63) is 48.4 Å². The third-order valence-corrected chi connectivity index (χ3v) is 5.63. The third kappa shape index (κ3) is 5.41. The van der Waals surface area contributed by atoms with Crippen LogP contribution in [-0.4, -0.2) is 39.6 Å². The molecule has 3 aromatic rings. The Bertz CT molecular complexity index is 937. The summed E-state index contributed by atoms with van der Waals surface area (Å²) < 4.78 is 12.8. The number of benzene rings is 1. The number of rotatable bonds is 9. The van der Waals surface area contributed by atoms with Gasteiger partial charge in [-0.25, -0.2) is 0 Å². The van der Waals surface area contributed by atoms with Crippen LogP contribution in [0.25, 0.3) is 11.4 Å². The molecule has 2 aromatic heterocycles. The molecular formula is C21H26N4O3S. The molecule has 29 heavy (non-hydrogen) atoms. The molecule has 0 bridgehead atoms. The van der Waals surface area contributed by atoms with Gasteiger partial charge < -0.3 is 14.5 Å². The van der Waals surface area contributed by atoms with E-state index in [1.807, 2.05) is 47.9 Å². The van der Waals surface area contributed by atoms with Gasteiger partial charge in [0, 0.05) is 11.6 Å². The number of amides is 1. The van der Waals surface area contributed by atoms with E-state index in [4.69, 9.17) is 9.15 Å². The summed E-state index contributed by atoms with van der Waals surface area (Å²) in [6.07, 6.45) is 1.64. The normalized spacial score (nSPS) is 12.2. The van der Waals surface area contributed by atoms with E-state index in [2.05, 4.69) is 29.4 Å². The maximum Gasteiger partial charge on any atom is 0.230 e. The van der Waals surface area contributed by atoms with E-state index < -0.39 is 0 Å². The molecule has 3 rings (SSSR count). The Hall–Kier alpha value is -2.74. The summed E-state index contributed by atoms with van der Waals surface area (Å²) in [6, 6.07) is 11.5. The first-order valence-corrected chi connectivity index (χ1v) is 10.5. The second-order valence-corrected chi connectivity index (χ2v) is 8.04. The second-order valence-electron chi connectivity index (χ2n) is 7.09. The summed E-state index contributed by atoms with van der Waals surface area (Å²) in [4.78, 5) is 12.3. The van der Waals surface area contributed by atoms with Gasteiger partial charge in [0.2, 0.25) is 5.91 Å². The van der Waals surface area contributed by atoms with E-state index in [-0.39, 0.29) is 17.7 Å². The van der Waals surface area contributed by atoms with Crippen molar-refractivity contribution in [2.45, 2.75) is 38.5 Å². The molecule has 0 fully saturated rings. The molecule has 1 amide bonds. The number of carbonyl (C=O) groups excluding carboxylic acids is 1. The number of thioether (sulfide) groups is 1. The lowest BCUT2D eigenvalue weighted by molar-refractivity contribution is -0.119. The van der Waals surface area contributed by atoms with Crippen molar-refractivity contribution in [1.82, 2.24) is 20.1 Å². The van der Waals surface area contributed by atoms with E-state index >= 15 is 0 Å². The highest BCUT2D eigenvalue weighted by Gasteiger charge is 2.18. The predicted molar refractivity (Wildman–Crippen MR) is 113 cm³/mol. The molecule has 0 aliphatic carbocycles. The number of nitrogens with zero attached hydrogens (tertiary/aromatic N) is 3. The predicted octanol–water partition coefficient (Wildman–Crippen LogP) is 3.85. The average molecular weight is 415 g/mol. The number of nitrogens with one attached hydrogen (secondary N) is 1. The van der Waals surface area contributed by atoms with Gasteiger partial charge in [0.25, 0.3) is 0 Å². The highest BCUT2D eigenvalue weighted by molar-refractivity contribution is 7.99. The Balaban J connectivity index is 1.83. The van der Waals surface area contributed by atoms with Crippen LogP contribution in [0.1, 0.15) is 26.5 Å². The van der Waals surface area contributed by atoms with Gasteiger partial charge in [-0.1, -0.05) is 37.7 Å². The van der Waals surface area contributed by atoms with Crippen LogP contribution in [-0.2, 0) is 11.3 Å². The van der Waals surface area contributed by atoms with Gasteiger partial charge in [0.15, 0.2) is 11.0 Å². The highest BCUT2D eigenvalue weighted by atomic mass is 32.2. The molecule has 8 heteroatoms. The number of aromatic nitrogens is 3. The van der Waals surface area contributed by atoms with Crippen molar-refractivity contribution in [3.63, 3.8) is 0 Å². The van der Waals surface area contributed by atoms with E-state index in [1.54, 1.807) is 13.4 Å². The average Bonchev–Trinajstić information content (AvgIpc) is 3.36. The first-order valence-electron chi connectivity index (χ1n) is 9.50. The van der Waals surface area contributed by atoms with Crippen molar-refractivity contribution in [2.24, 2.45) is 5.92 Å². The molecule has 1 N–H and O–H groups in total. The zero-order valence-electron chi connectivity index (χ0n) is 17.1. The Morgan fingerprint density at radius 3 is 2.76 bits per heavy atom. The lowest BCUT2D eigenvalue weighted by Crippen LogP contribution is -2.37. The highest BCUT2D eigenvalue weighted by Crippen LogP contribution is 2.27. The Kier molecular flexibility index (Phi) is 6.98. The minimum absolute atomic E-state index is 0.0216. The molecular weight excluding hydrogens is 388 g/mol. The third-order valence-electron chi connectivity index (χ3n) is 4.66. The van der Waals surface area contributed by atoms with Crippen LogP contribution in [0.15, 0.2) is 52.2 Å². The standard InChI is InChI=1S/C21H26N4O3S/c1-14(2)15(3)22-19(26)13-29-21-24-23-20(16-7-5-8-17(11-16)27-4)25(21)12-18-9-6-10-28-18/h5-11,14-15H,12-13H2,1-4H3,(H,22,26)/t15-/m1/s1. The number of hydrogen-bond acceptors (Lipinski definition) is 6. The van der Waals surface area contributed by atoms with Gasteiger partial charge in [0.1, 0.15) is 11.5 Å². The van der Waals surface area contributed by atoms with Gasteiger partial charge in [-0.15, -0.1) is 10.2 Å². The molecule has 154 valence electrons. The zero-order valence-corrected chi connectivity index (χ0v) is 17.9.